The van der Waals surface area contributed by atoms with Crippen molar-refractivity contribution in [3.05, 3.63) is 0 Å². The van der Waals surface area contributed by atoms with Crippen molar-refractivity contribution in [1.29, 1.82) is 0 Å². The van der Waals surface area contributed by atoms with Gasteiger partial charge in [0.2, 0.25) is 0 Å². The van der Waals surface area contributed by atoms with Crippen molar-refractivity contribution in [2.75, 3.05) is 33.0 Å². The number of unbranched alkanes of at least 4 members (excludes halogenated alkanes) is 5. The Hall–Kier alpha value is -0.210. The predicted octanol–water partition coefficient (Wildman–Crippen LogP) is 2.98. The van der Waals surface area contributed by atoms with Crippen molar-refractivity contribution < 1.29 is 26.6 Å². The van der Waals surface area contributed by atoms with Crippen LogP contribution in [-0.4, -0.2) is 46.0 Å². The summed E-state index contributed by atoms with van der Waals surface area (Å²) in [6, 6.07) is 0. The minimum atomic E-state index is -4.28. The summed E-state index contributed by atoms with van der Waals surface area (Å²) < 4.78 is 44.0. The molecule has 0 radical (unpaired) electrons. The van der Waals surface area contributed by atoms with E-state index >= 15 is 0 Å². The lowest BCUT2D eigenvalue weighted by Gasteiger charge is -2.05. The standard InChI is InChI=1S/C14H30O6S/c1-2-3-10-18-11-6-4-7-12-19-13-8-5-9-14-20-21(15,16)17/h2-14H2,1H3,(H,15,16,17). The Morgan fingerprint density at radius 3 is 1.57 bits per heavy atom. The minimum Gasteiger partial charge on any atom is -0.381 e. The molecule has 0 saturated heterocycles. The highest BCUT2D eigenvalue weighted by Crippen LogP contribution is 2.01. The summed E-state index contributed by atoms with van der Waals surface area (Å²) in [5.41, 5.74) is 0. The molecule has 0 amide bonds. The molecule has 0 fully saturated rings. The lowest BCUT2D eigenvalue weighted by molar-refractivity contribution is 0.111. The van der Waals surface area contributed by atoms with Crippen molar-refractivity contribution in [3.63, 3.8) is 0 Å². The summed E-state index contributed by atoms with van der Waals surface area (Å²) in [5.74, 6) is 0. The smallest absolute Gasteiger partial charge is 0.381 e. The van der Waals surface area contributed by atoms with Gasteiger partial charge in [-0.2, -0.15) is 8.42 Å². The zero-order valence-electron chi connectivity index (χ0n) is 13.1. The van der Waals surface area contributed by atoms with E-state index in [0.29, 0.717) is 13.0 Å². The molecule has 0 bridgehead atoms. The van der Waals surface area contributed by atoms with Gasteiger partial charge in [-0.05, 0) is 44.9 Å². The van der Waals surface area contributed by atoms with Crippen LogP contribution in [0.4, 0.5) is 0 Å². The Morgan fingerprint density at radius 2 is 1.14 bits per heavy atom. The highest BCUT2D eigenvalue weighted by atomic mass is 32.3. The van der Waals surface area contributed by atoms with Crippen molar-refractivity contribution in [1.82, 2.24) is 0 Å². The third-order valence-corrected chi connectivity index (χ3v) is 3.35. The topological polar surface area (TPSA) is 82.1 Å². The fourth-order valence-corrected chi connectivity index (χ4v) is 2.01. The summed E-state index contributed by atoms with van der Waals surface area (Å²) in [6.07, 6.45) is 7.85. The predicted molar refractivity (Wildman–Crippen MR) is 81.7 cm³/mol. The third kappa shape index (κ3) is 19.8. The number of hydrogen-bond acceptors (Lipinski definition) is 5. The lowest BCUT2D eigenvalue weighted by Crippen LogP contribution is -2.05. The van der Waals surface area contributed by atoms with Gasteiger partial charge in [0.15, 0.2) is 0 Å². The second kappa shape index (κ2) is 14.7. The first-order valence-electron chi connectivity index (χ1n) is 7.83. The Balaban J connectivity index is 3.03. The summed E-state index contributed by atoms with van der Waals surface area (Å²) >= 11 is 0. The molecule has 0 heterocycles. The van der Waals surface area contributed by atoms with E-state index in [0.717, 1.165) is 58.3 Å². The molecule has 0 aliphatic rings. The summed E-state index contributed by atoms with van der Waals surface area (Å²) in [5, 5.41) is 0. The van der Waals surface area contributed by atoms with E-state index in [1.54, 1.807) is 0 Å². The van der Waals surface area contributed by atoms with Gasteiger partial charge in [-0.3, -0.25) is 4.55 Å². The van der Waals surface area contributed by atoms with Crippen LogP contribution in [0.25, 0.3) is 0 Å². The zero-order valence-corrected chi connectivity index (χ0v) is 13.9. The van der Waals surface area contributed by atoms with Crippen molar-refractivity contribution in [2.24, 2.45) is 0 Å². The van der Waals surface area contributed by atoms with Crippen LogP contribution >= 0.6 is 0 Å². The van der Waals surface area contributed by atoms with Crippen molar-refractivity contribution in [3.8, 4) is 0 Å². The van der Waals surface area contributed by atoms with Crippen LogP contribution in [0.1, 0.15) is 58.3 Å². The monoisotopic (exact) mass is 326 g/mol. The fourth-order valence-electron chi connectivity index (χ4n) is 1.68. The van der Waals surface area contributed by atoms with Gasteiger partial charge in [-0.25, -0.2) is 4.18 Å². The maximum absolute atomic E-state index is 10.3. The Bertz CT molecular complexity index is 305. The molecule has 0 atom stereocenters. The summed E-state index contributed by atoms with van der Waals surface area (Å²) in [6.45, 7) is 5.33. The summed E-state index contributed by atoms with van der Waals surface area (Å²) in [7, 11) is -4.28. The fraction of sp³-hybridized carbons (Fsp3) is 1.00. The van der Waals surface area contributed by atoms with E-state index in [4.69, 9.17) is 14.0 Å². The van der Waals surface area contributed by atoms with Gasteiger partial charge in [0.25, 0.3) is 0 Å². The molecule has 0 aromatic rings. The first-order valence-corrected chi connectivity index (χ1v) is 9.20. The SMILES string of the molecule is CCCCOCCCCCOCCCCCOS(=O)(=O)O. The third-order valence-electron chi connectivity index (χ3n) is 2.88. The Morgan fingerprint density at radius 1 is 0.714 bits per heavy atom. The average Bonchev–Trinajstić information content (AvgIpc) is 2.42. The molecule has 128 valence electrons. The van der Waals surface area contributed by atoms with Crippen molar-refractivity contribution in [2.45, 2.75) is 58.3 Å². The Labute approximate surface area is 129 Å². The molecule has 0 spiro atoms. The van der Waals surface area contributed by atoms with Crippen LogP contribution in [-0.2, 0) is 24.1 Å². The number of ether oxygens (including phenoxy) is 2. The highest BCUT2D eigenvalue weighted by molar-refractivity contribution is 7.80. The van der Waals surface area contributed by atoms with Crippen molar-refractivity contribution >= 4 is 10.4 Å². The lowest BCUT2D eigenvalue weighted by atomic mass is 10.2. The normalized spacial score (nSPS) is 11.9. The second-order valence-corrected chi connectivity index (χ2v) is 6.04. The zero-order chi connectivity index (χ0) is 15.8. The van der Waals surface area contributed by atoms with E-state index in [2.05, 4.69) is 11.1 Å². The van der Waals surface area contributed by atoms with Gasteiger partial charge in [0.1, 0.15) is 0 Å². The van der Waals surface area contributed by atoms with E-state index in [-0.39, 0.29) is 6.61 Å². The van der Waals surface area contributed by atoms with E-state index in [9.17, 15) is 8.42 Å². The molecule has 0 aromatic heterocycles. The molecule has 6 nitrogen and oxygen atoms in total. The first kappa shape index (κ1) is 20.8. The average molecular weight is 326 g/mol. The van der Waals surface area contributed by atoms with Crippen LogP contribution in [0.3, 0.4) is 0 Å². The van der Waals surface area contributed by atoms with Gasteiger partial charge in [0.05, 0.1) is 6.61 Å². The van der Waals surface area contributed by atoms with Crippen LogP contribution < -0.4 is 0 Å². The van der Waals surface area contributed by atoms with Gasteiger partial charge in [-0.1, -0.05) is 13.3 Å². The molecule has 1 N–H and O–H groups in total. The molecule has 0 unspecified atom stereocenters. The van der Waals surface area contributed by atoms with Gasteiger partial charge >= 0.3 is 10.4 Å². The molecule has 0 aromatic carbocycles. The van der Waals surface area contributed by atoms with E-state index < -0.39 is 10.4 Å². The molecule has 0 aliphatic heterocycles. The molecule has 21 heavy (non-hydrogen) atoms. The molecule has 0 aliphatic carbocycles. The minimum absolute atomic E-state index is 0.0247. The molecule has 0 saturated carbocycles. The maximum atomic E-state index is 10.3. The maximum Gasteiger partial charge on any atom is 0.397 e. The number of rotatable bonds is 16. The highest BCUT2D eigenvalue weighted by Gasteiger charge is 2.02. The second-order valence-electron chi connectivity index (χ2n) is 4.95. The van der Waals surface area contributed by atoms with Gasteiger partial charge in [0, 0.05) is 26.4 Å². The Kier molecular flexibility index (Phi) is 14.6. The van der Waals surface area contributed by atoms with Crippen LogP contribution in [0.15, 0.2) is 0 Å². The van der Waals surface area contributed by atoms with Gasteiger partial charge < -0.3 is 9.47 Å². The van der Waals surface area contributed by atoms with Crippen LogP contribution in [0.2, 0.25) is 0 Å². The molecular formula is C14H30O6S. The van der Waals surface area contributed by atoms with Gasteiger partial charge in [-0.15, -0.1) is 0 Å². The quantitative estimate of drug-likeness (QED) is 0.347. The van der Waals surface area contributed by atoms with Crippen LogP contribution in [0, 0.1) is 0 Å². The summed E-state index contributed by atoms with van der Waals surface area (Å²) in [4.78, 5) is 0. The van der Waals surface area contributed by atoms with Crippen LogP contribution in [0.5, 0.6) is 0 Å². The number of hydrogen-bond donors (Lipinski definition) is 1. The molecule has 0 rings (SSSR count). The van der Waals surface area contributed by atoms with E-state index in [1.807, 2.05) is 0 Å². The first-order chi connectivity index (χ1) is 10.1. The largest absolute Gasteiger partial charge is 0.397 e. The molecular weight excluding hydrogens is 296 g/mol. The molecule has 7 heteroatoms. The van der Waals surface area contributed by atoms with E-state index in [1.165, 1.54) is 6.42 Å².